The van der Waals surface area contributed by atoms with Crippen LogP contribution in [0.15, 0.2) is 52.3 Å². The van der Waals surface area contributed by atoms with Crippen molar-refractivity contribution in [3.63, 3.8) is 0 Å². The lowest BCUT2D eigenvalue weighted by atomic mass is 10.3. The SMILES string of the molecule is CCNC(=NCC(C)Oc1ccccc1OC)NCCCCn1c(C)cccc1=O. The number of aliphatic imine (C=N–C) groups is 1. The number of ether oxygens (including phenoxy) is 2. The van der Waals surface area contributed by atoms with Crippen LogP contribution in [0, 0.1) is 6.92 Å². The van der Waals surface area contributed by atoms with Crippen LogP contribution in [0.3, 0.4) is 0 Å². The van der Waals surface area contributed by atoms with Gasteiger partial charge in [0.25, 0.3) is 5.56 Å². The fourth-order valence-electron chi connectivity index (χ4n) is 3.04. The van der Waals surface area contributed by atoms with Crippen LogP contribution in [0.1, 0.15) is 32.4 Å². The average molecular weight is 415 g/mol. The first-order valence-corrected chi connectivity index (χ1v) is 10.5. The molecule has 0 saturated carbocycles. The second-order valence-electron chi connectivity index (χ2n) is 7.09. The number of guanidine groups is 1. The maximum absolute atomic E-state index is 11.9. The lowest BCUT2D eigenvalue weighted by Crippen LogP contribution is -2.38. The van der Waals surface area contributed by atoms with E-state index in [1.807, 2.05) is 55.7 Å². The molecular formula is C23H34N4O3. The number of aryl methyl sites for hydroxylation is 1. The fraction of sp³-hybridized carbons (Fsp3) is 0.478. The van der Waals surface area contributed by atoms with Crippen molar-refractivity contribution in [3.05, 3.63) is 58.5 Å². The molecule has 0 aliphatic heterocycles. The second-order valence-corrected chi connectivity index (χ2v) is 7.09. The molecule has 0 bridgehead atoms. The van der Waals surface area contributed by atoms with Gasteiger partial charge in [0.15, 0.2) is 17.5 Å². The van der Waals surface area contributed by atoms with Crippen LogP contribution < -0.4 is 25.7 Å². The number of nitrogens with zero attached hydrogens (tertiary/aromatic N) is 2. The summed E-state index contributed by atoms with van der Waals surface area (Å²) in [6.45, 7) is 8.80. The lowest BCUT2D eigenvalue weighted by molar-refractivity contribution is 0.219. The van der Waals surface area contributed by atoms with Gasteiger partial charge in [0.2, 0.25) is 0 Å². The summed E-state index contributed by atoms with van der Waals surface area (Å²) in [6, 6.07) is 13.0. The highest BCUT2D eigenvalue weighted by molar-refractivity contribution is 5.79. The van der Waals surface area contributed by atoms with Crippen molar-refractivity contribution in [2.45, 2.75) is 46.3 Å². The van der Waals surface area contributed by atoms with Gasteiger partial charge in [-0.3, -0.25) is 4.79 Å². The molecule has 2 rings (SSSR count). The highest BCUT2D eigenvalue weighted by Crippen LogP contribution is 2.26. The first-order valence-electron chi connectivity index (χ1n) is 10.5. The third-order valence-electron chi connectivity index (χ3n) is 4.62. The van der Waals surface area contributed by atoms with E-state index in [9.17, 15) is 4.79 Å². The third kappa shape index (κ3) is 7.46. The predicted octanol–water partition coefficient (Wildman–Crippen LogP) is 2.97. The van der Waals surface area contributed by atoms with Crippen molar-refractivity contribution >= 4 is 5.96 Å². The molecule has 164 valence electrons. The minimum Gasteiger partial charge on any atom is -0.493 e. The third-order valence-corrected chi connectivity index (χ3v) is 4.62. The molecule has 1 unspecified atom stereocenters. The summed E-state index contributed by atoms with van der Waals surface area (Å²) >= 11 is 0. The lowest BCUT2D eigenvalue weighted by Gasteiger charge is -2.17. The molecule has 0 amide bonds. The Morgan fingerprint density at radius 3 is 2.57 bits per heavy atom. The van der Waals surface area contributed by atoms with E-state index < -0.39 is 0 Å². The van der Waals surface area contributed by atoms with Crippen molar-refractivity contribution in [2.75, 3.05) is 26.7 Å². The van der Waals surface area contributed by atoms with Gasteiger partial charge in [0.1, 0.15) is 6.10 Å². The van der Waals surface area contributed by atoms with Crippen LogP contribution in [-0.2, 0) is 6.54 Å². The minimum absolute atomic E-state index is 0.0573. The number of benzene rings is 1. The molecule has 0 aliphatic carbocycles. The number of aromatic nitrogens is 1. The van der Waals surface area contributed by atoms with Crippen LogP contribution in [-0.4, -0.2) is 43.4 Å². The molecule has 1 aromatic carbocycles. The van der Waals surface area contributed by atoms with Crippen LogP contribution in [0.25, 0.3) is 0 Å². The number of nitrogens with one attached hydrogen (secondary N) is 2. The summed E-state index contributed by atoms with van der Waals surface area (Å²) in [5, 5.41) is 6.60. The van der Waals surface area contributed by atoms with Gasteiger partial charge in [-0.15, -0.1) is 0 Å². The molecular weight excluding hydrogens is 380 g/mol. The normalized spacial score (nSPS) is 12.3. The van der Waals surface area contributed by atoms with Crippen LogP contribution in [0.2, 0.25) is 0 Å². The van der Waals surface area contributed by atoms with E-state index in [0.717, 1.165) is 44.1 Å². The Morgan fingerprint density at radius 2 is 1.87 bits per heavy atom. The van der Waals surface area contributed by atoms with Gasteiger partial charge < -0.3 is 24.7 Å². The zero-order valence-electron chi connectivity index (χ0n) is 18.5. The predicted molar refractivity (Wildman–Crippen MR) is 122 cm³/mol. The first kappa shape index (κ1) is 23.3. The van der Waals surface area contributed by atoms with Gasteiger partial charge >= 0.3 is 0 Å². The number of hydrogen-bond donors (Lipinski definition) is 2. The largest absolute Gasteiger partial charge is 0.493 e. The van der Waals surface area contributed by atoms with E-state index in [1.165, 1.54) is 0 Å². The molecule has 0 radical (unpaired) electrons. The molecule has 0 fully saturated rings. The standard InChI is InChI=1S/C23H34N4O3/c1-5-24-23(25-15-8-9-16-27-18(2)11-10-14-22(27)28)26-17-19(3)30-21-13-7-6-12-20(21)29-4/h6-7,10-14,19H,5,8-9,15-17H2,1-4H3,(H2,24,25,26). The number of hydrogen-bond acceptors (Lipinski definition) is 4. The summed E-state index contributed by atoms with van der Waals surface area (Å²) in [5.41, 5.74) is 1.05. The summed E-state index contributed by atoms with van der Waals surface area (Å²) < 4.78 is 13.1. The van der Waals surface area contributed by atoms with Crippen molar-refractivity contribution in [1.82, 2.24) is 15.2 Å². The number of pyridine rings is 1. The smallest absolute Gasteiger partial charge is 0.250 e. The Hall–Kier alpha value is -2.96. The summed E-state index contributed by atoms with van der Waals surface area (Å²) in [5.74, 6) is 2.19. The highest BCUT2D eigenvalue weighted by atomic mass is 16.5. The number of methoxy groups -OCH3 is 1. The van der Waals surface area contributed by atoms with Crippen molar-refractivity contribution in [3.8, 4) is 11.5 Å². The van der Waals surface area contributed by atoms with Gasteiger partial charge in [-0.1, -0.05) is 18.2 Å². The molecule has 7 nitrogen and oxygen atoms in total. The monoisotopic (exact) mass is 414 g/mol. The summed E-state index contributed by atoms with van der Waals surface area (Å²) in [6.07, 6.45) is 1.77. The Balaban J connectivity index is 1.79. The maximum Gasteiger partial charge on any atom is 0.250 e. The molecule has 1 atom stereocenters. The van der Waals surface area contributed by atoms with E-state index in [2.05, 4.69) is 15.6 Å². The van der Waals surface area contributed by atoms with Gasteiger partial charge in [0.05, 0.1) is 13.7 Å². The number of unbranched alkanes of at least 4 members (excludes halogenated alkanes) is 1. The van der Waals surface area contributed by atoms with E-state index in [4.69, 9.17) is 9.47 Å². The molecule has 1 heterocycles. The Bertz CT molecular complexity index is 864. The van der Waals surface area contributed by atoms with Crippen LogP contribution >= 0.6 is 0 Å². The van der Waals surface area contributed by atoms with E-state index in [0.29, 0.717) is 18.0 Å². The fourth-order valence-corrected chi connectivity index (χ4v) is 3.04. The average Bonchev–Trinajstić information content (AvgIpc) is 2.74. The van der Waals surface area contributed by atoms with Gasteiger partial charge in [-0.25, -0.2) is 4.99 Å². The van der Waals surface area contributed by atoms with Crippen molar-refractivity contribution in [1.29, 1.82) is 0 Å². The highest BCUT2D eigenvalue weighted by Gasteiger charge is 2.08. The van der Waals surface area contributed by atoms with E-state index >= 15 is 0 Å². The number of para-hydroxylation sites is 2. The molecule has 0 aliphatic rings. The van der Waals surface area contributed by atoms with Gasteiger partial charge in [0, 0.05) is 31.4 Å². The maximum atomic E-state index is 11.9. The molecule has 1 aromatic heterocycles. The number of rotatable bonds is 11. The molecule has 0 saturated heterocycles. The second kappa shape index (κ2) is 12.6. The Morgan fingerprint density at radius 1 is 1.10 bits per heavy atom. The summed E-state index contributed by atoms with van der Waals surface area (Å²) in [7, 11) is 1.63. The minimum atomic E-state index is -0.0929. The molecule has 2 aromatic rings. The Labute approximate surface area is 179 Å². The zero-order valence-corrected chi connectivity index (χ0v) is 18.5. The van der Waals surface area contributed by atoms with Crippen molar-refractivity contribution < 1.29 is 9.47 Å². The molecule has 30 heavy (non-hydrogen) atoms. The van der Waals surface area contributed by atoms with Crippen molar-refractivity contribution in [2.24, 2.45) is 4.99 Å². The molecule has 0 spiro atoms. The quantitative estimate of drug-likeness (QED) is 0.336. The molecule has 2 N–H and O–H groups in total. The van der Waals surface area contributed by atoms with Crippen LogP contribution in [0.5, 0.6) is 11.5 Å². The van der Waals surface area contributed by atoms with Gasteiger partial charge in [-0.05, 0) is 51.8 Å². The zero-order chi connectivity index (χ0) is 21.8. The van der Waals surface area contributed by atoms with Gasteiger partial charge in [-0.2, -0.15) is 0 Å². The molecule has 7 heteroatoms. The first-order chi connectivity index (χ1) is 14.5. The summed E-state index contributed by atoms with van der Waals surface area (Å²) in [4.78, 5) is 16.5. The Kier molecular flexibility index (Phi) is 9.77. The van der Waals surface area contributed by atoms with Crippen LogP contribution in [0.4, 0.5) is 0 Å². The van der Waals surface area contributed by atoms with E-state index in [1.54, 1.807) is 19.2 Å². The van der Waals surface area contributed by atoms with E-state index in [-0.39, 0.29) is 11.7 Å². The topological polar surface area (TPSA) is 76.9 Å².